The minimum absolute atomic E-state index is 0.457. The first-order valence-corrected chi connectivity index (χ1v) is 11.2. The van der Waals surface area contributed by atoms with E-state index < -0.39 is 5.91 Å². The van der Waals surface area contributed by atoms with Crippen molar-refractivity contribution in [2.45, 2.75) is 26.7 Å². The lowest BCUT2D eigenvalue weighted by atomic mass is 10.1. The predicted molar refractivity (Wildman–Crippen MR) is 131 cm³/mol. The topological polar surface area (TPSA) is 105 Å². The molecule has 2 aromatic carbocycles. The average molecular weight is 447 g/mol. The zero-order valence-electron chi connectivity index (χ0n) is 19.1. The summed E-state index contributed by atoms with van der Waals surface area (Å²) in [7, 11) is 0. The number of amides is 1. The summed E-state index contributed by atoms with van der Waals surface area (Å²) in [5, 5.41) is 6.52. The van der Waals surface area contributed by atoms with Gasteiger partial charge in [-0.15, -0.1) is 0 Å². The van der Waals surface area contributed by atoms with Crippen molar-refractivity contribution >= 4 is 29.0 Å². The van der Waals surface area contributed by atoms with Crippen molar-refractivity contribution in [3.63, 3.8) is 0 Å². The van der Waals surface area contributed by atoms with Gasteiger partial charge in [-0.2, -0.15) is 4.98 Å². The molecule has 8 heteroatoms. The third-order valence-electron chi connectivity index (χ3n) is 5.81. The zero-order valence-corrected chi connectivity index (χ0v) is 19.1. The number of nitrogens with zero attached hydrogens (tertiary/aromatic N) is 3. The monoisotopic (exact) mass is 446 g/mol. The maximum atomic E-state index is 11.6. The van der Waals surface area contributed by atoms with E-state index in [9.17, 15) is 4.79 Å². The molecule has 1 amide bonds. The van der Waals surface area contributed by atoms with Gasteiger partial charge in [0.1, 0.15) is 18.2 Å². The van der Waals surface area contributed by atoms with Gasteiger partial charge in [0, 0.05) is 35.2 Å². The molecule has 0 aliphatic carbocycles. The van der Waals surface area contributed by atoms with Crippen molar-refractivity contribution < 1.29 is 9.53 Å². The van der Waals surface area contributed by atoms with E-state index in [0.717, 1.165) is 34.8 Å². The van der Waals surface area contributed by atoms with Gasteiger partial charge in [-0.1, -0.05) is 6.07 Å². The number of anilines is 4. The van der Waals surface area contributed by atoms with Gasteiger partial charge in [-0.25, -0.2) is 4.98 Å². The van der Waals surface area contributed by atoms with Gasteiger partial charge in [0.15, 0.2) is 0 Å². The molecule has 0 atom stereocenters. The van der Waals surface area contributed by atoms with Crippen LogP contribution in [-0.2, 0) is 0 Å². The third kappa shape index (κ3) is 5.78. The molecular weight excluding hydrogens is 416 g/mol. The molecule has 1 aliphatic rings. The average Bonchev–Trinajstić information content (AvgIpc) is 3.32. The number of ether oxygens (including phenoxy) is 1. The van der Waals surface area contributed by atoms with E-state index in [-0.39, 0.29) is 0 Å². The lowest BCUT2D eigenvalue weighted by Gasteiger charge is -2.15. The van der Waals surface area contributed by atoms with E-state index in [1.807, 2.05) is 44.2 Å². The van der Waals surface area contributed by atoms with Crippen molar-refractivity contribution in [3.05, 3.63) is 65.4 Å². The highest BCUT2D eigenvalue weighted by Crippen LogP contribution is 2.25. The largest absolute Gasteiger partial charge is 0.492 e. The summed E-state index contributed by atoms with van der Waals surface area (Å²) in [5.74, 6) is 1.51. The quantitative estimate of drug-likeness (QED) is 0.453. The first-order valence-electron chi connectivity index (χ1n) is 11.2. The highest BCUT2D eigenvalue weighted by Gasteiger charge is 2.12. The highest BCUT2D eigenvalue weighted by atomic mass is 16.5. The number of carbonyl (C=O) groups is 1. The van der Waals surface area contributed by atoms with Gasteiger partial charge in [0.25, 0.3) is 0 Å². The van der Waals surface area contributed by atoms with Gasteiger partial charge in [0.2, 0.25) is 11.9 Å². The van der Waals surface area contributed by atoms with Crippen LogP contribution in [0.5, 0.6) is 5.75 Å². The molecule has 4 N–H and O–H groups in total. The number of rotatable bonds is 9. The van der Waals surface area contributed by atoms with Crippen LogP contribution >= 0.6 is 0 Å². The fourth-order valence-electron chi connectivity index (χ4n) is 3.86. The summed E-state index contributed by atoms with van der Waals surface area (Å²) < 4.78 is 5.87. The van der Waals surface area contributed by atoms with Crippen LogP contribution in [0.4, 0.5) is 23.1 Å². The van der Waals surface area contributed by atoms with E-state index in [2.05, 4.69) is 25.5 Å². The molecule has 33 heavy (non-hydrogen) atoms. The Hall–Kier alpha value is -3.65. The van der Waals surface area contributed by atoms with Crippen molar-refractivity contribution in [1.82, 2.24) is 14.9 Å². The van der Waals surface area contributed by atoms with Crippen LogP contribution in [0.2, 0.25) is 0 Å². The molecule has 2 heterocycles. The first kappa shape index (κ1) is 22.5. The van der Waals surface area contributed by atoms with E-state index in [4.69, 9.17) is 10.5 Å². The fraction of sp³-hybridized carbons (Fsp3) is 0.320. The summed E-state index contributed by atoms with van der Waals surface area (Å²) in [6.45, 7) is 7.79. The molecule has 1 saturated heterocycles. The van der Waals surface area contributed by atoms with Gasteiger partial charge >= 0.3 is 0 Å². The SMILES string of the molecule is Cc1cnc(Nc2ccc(OCCN3CCCC3)cc2)nc1Nc1cccc(C(N)=O)c1C. The van der Waals surface area contributed by atoms with Crippen LogP contribution in [0, 0.1) is 13.8 Å². The zero-order chi connectivity index (χ0) is 23.2. The van der Waals surface area contributed by atoms with Gasteiger partial charge in [0.05, 0.1) is 0 Å². The van der Waals surface area contributed by atoms with Gasteiger partial charge in [-0.05, 0) is 81.7 Å². The summed E-state index contributed by atoms with van der Waals surface area (Å²) >= 11 is 0. The second-order valence-corrected chi connectivity index (χ2v) is 8.24. The fourth-order valence-corrected chi connectivity index (χ4v) is 3.86. The van der Waals surface area contributed by atoms with Crippen LogP contribution in [0.25, 0.3) is 0 Å². The van der Waals surface area contributed by atoms with E-state index >= 15 is 0 Å². The van der Waals surface area contributed by atoms with Crippen molar-refractivity contribution in [1.29, 1.82) is 0 Å². The van der Waals surface area contributed by atoms with Crippen LogP contribution in [0.15, 0.2) is 48.7 Å². The van der Waals surface area contributed by atoms with Gasteiger partial charge < -0.3 is 21.1 Å². The lowest BCUT2D eigenvalue weighted by molar-refractivity contribution is 0.0999. The Morgan fingerprint density at radius 2 is 1.85 bits per heavy atom. The van der Waals surface area contributed by atoms with Crippen molar-refractivity contribution in [2.75, 3.05) is 36.9 Å². The summed E-state index contributed by atoms with van der Waals surface area (Å²) in [6.07, 6.45) is 4.33. The molecule has 4 rings (SSSR count). The third-order valence-corrected chi connectivity index (χ3v) is 5.81. The Morgan fingerprint density at radius 3 is 2.58 bits per heavy atom. The summed E-state index contributed by atoms with van der Waals surface area (Å²) in [5.41, 5.74) is 9.24. The van der Waals surface area contributed by atoms with Crippen LogP contribution < -0.4 is 21.1 Å². The number of carbonyl (C=O) groups excluding carboxylic acids is 1. The van der Waals surface area contributed by atoms with Gasteiger partial charge in [-0.3, -0.25) is 9.69 Å². The highest BCUT2D eigenvalue weighted by molar-refractivity contribution is 5.96. The van der Waals surface area contributed by atoms with Crippen molar-refractivity contribution in [3.8, 4) is 5.75 Å². The maximum absolute atomic E-state index is 11.6. The molecule has 8 nitrogen and oxygen atoms in total. The number of hydrogen-bond acceptors (Lipinski definition) is 7. The van der Waals surface area contributed by atoms with E-state index in [1.165, 1.54) is 25.9 Å². The molecule has 0 radical (unpaired) electrons. The summed E-state index contributed by atoms with van der Waals surface area (Å²) in [6, 6.07) is 13.2. The molecule has 0 saturated carbocycles. The number of aryl methyl sites for hydroxylation is 1. The normalized spacial score (nSPS) is 13.6. The number of primary amides is 1. The number of benzene rings is 2. The Bertz CT molecular complexity index is 1110. The smallest absolute Gasteiger partial charge is 0.249 e. The number of likely N-dealkylation sites (tertiary alicyclic amines) is 1. The molecule has 0 bridgehead atoms. The Morgan fingerprint density at radius 1 is 1.09 bits per heavy atom. The second-order valence-electron chi connectivity index (χ2n) is 8.24. The number of nitrogens with two attached hydrogens (primary N) is 1. The molecule has 1 fully saturated rings. The Kier molecular flexibility index (Phi) is 7.04. The Labute approximate surface area is 194 Å². The van der Waals surface area contributed by atoms with Crippen molar-refractivity contribution in [2.24, 2.45) is 5.73 Å². The second kappa shape index (κ2) is 10.3. The molecule has 0 unspecified atom stereocenters. The minimum atomic E-state index is -0.457. The maximum Gasteiger partial charge on any atom is 0.249 e. The number of hydrogen-bond donors (Lipinski definition) is 3. The summed E-state index contributed by atoms with van der Waals surface area (Å²) in [4.78, 5) is 23.1. The number of nitrogens with one attached hydrogen (secondary N) is 2. The predicted octanol–water partition coefficient (Wildman–Crippen LogP) is 4.15. The van der Waals surface area contributed by atoms with E-state index in [1.54, 1.807) is 18.3 Å². The Balaban J connectivity index is 1.39. The lowest BCUT2D eigenvalue weighted by Crippen LogP contribution is -2.25. The molecule has 172 valence electrons. The molecule has 3 aromatic rings. The molecule has 1 aromatic heterocycles. The van der Waals surface area contributed by atoms with Crippen LogP contribution in [0.1, 0.15) is 34.3 Å². The van der Waals surface area contributed by atoms with E-state index in [0.29, 0.717) is 23.9 Å². The molecular formula is C25H30N6O2. The standard InChI is InChI=1S/C25H30N6O2/c1-17-16-27-25(30-24(17)29-22-7-5-6-21(18(22)2)23(26)32)28-19-8-10-20(11-9-19)33-15-14-31-12-3-4-13-31/h5-11,16H,3-4,12-15H2,1-2H3,(H2,26,32)(H2,27,28,29,30). The van der Waals surface area contributed by atoms with Crippen LogP contribution in [-0.4, -0.2) is 47.0 Å². The molecule has 0 spiro atoms. The number of aromatic nitrogens is 2. The first-order chi connectivity index (χ1) is 16.0. The van der Waals surface area contributed by atoms with Crippen LogP contribution in [0.3, 0.4) is 0 Å². The molecule has 1 aliphatic heterocycles. The minimum Gasteiger partial charge on any atom is -0.492 e.